The average molecular weight is 453 g/mol. The highest BCUT2D eigenvalue weighted by Gasteiger charge is 2.33. The Bertz CT molecular complexity index is 1090. The summed E-state index contributed by atoms with van der Waals surface area (Å²) in [6, 6.07) is 8.83. The number of nitrogens with one attached hydrogen (secondary N) is 1. The fourth-order valence-electron chi connectivity index (χ4n) is 3.70. The van der Waals surface area contributed by atoms with E-state index in [2.05, 4.69) is 5.32 Å². The monoisotopic (exact) mass is 453 g/mol. The standard InChI is InChI=1S/C24H27N3O6/c1-4-17-11-20(13-28)26(12-17)23(29)21-9-15(2)16(3)10-22(21)25-24(30)33-14-18-5-7-19(8-6-18)27(31)32/h4-10,20,28H,11-14H2,1-3H3,(H,25,30)/b17-4+/t20-/m0/s1. The Labute approximate surface area is 191 Å². The molecule has 0 aliphatic carbocycles. The molecule has 1 heterocycles. The van der Waals surface area contributed by atoms with E-state index in [4.69, 9.17) is 4.74 Å². The van der Waals surface area contributed by atoms with Crippen molar-refractivity contribution in [2.24, 2.45) is 0 Å². The molecule has 1 atom stereocenters. The molecule has 0 radical (unpaired) electrons. The van der Waals surface area contributed by atoms with Gasteiger partial charge in [-0.05, 0) is 68.1 Å². The lowest BCUT2D eigenvalue weighted by molar-refractivity contribution is -0.384. The number of carbonyl (C=O) groups excluding carboxylic acids is 2. The number of aliphatic hydroxyl groups excluding tert-OH is 1. The zero-order valence-electron chi connectivity index (χ0n) is 18.8. The molecular weight excluding hydrogens is 426 g/mol. The van der Waals surface area contributed by atoms with Gasteiger partial charge in [-0.1, -0.05) is 11.6 Å². The van der Waals surface area contributed by atoms with E-state index in [0.29, 0.717) is 29.8 Å². The Kier molecular flexibility index (Phi) is 7.44. The quantitative estimate of drug-likeness (QED) is 0.386. The molecule has 0 saturated carbocycles. The number of rotatable bonds is 6. The van der Waals surface area contributed by atoms with E-state index < -0.39 is 11.0 Å². The summed E-state index contributed by atoms with van der Waals surface area (Å²) in [5.41, 5.74) is 4.05. The number of ether oxygens (including phenoxy) is 1. The van der Waals surface area contributed by atoms with Gasteiger partial charge in [-0.15, -0.1) is 0 Å². The minimum atomic E-state index is -0.750. The summed E-state index contributed by atoms with van der Waals surface area (Å²) in [7, 11) is 0. The third kappa shape index (κ3) is 5.56. The first-order valence-electron chi connectivity index (χ1n) is 10.6. The normalized spacial score (nSPS) is 16.7. The maximum atomic E-state index is 13.4. The Hall–Kier alpha value is -3.72. The van der Waals surface area contributed by atoms with Crippen LogP contribution in [0.25, 0.3) is 0 Å². The van der Waals surface area contributed by atoms with E-state index in [1.165, 1.54) is 24.3 Å². The summed E-state index contributed by atoms with van der Waals surface area (Å²) >= 11 is 0. The number of non-ortho nitro benzene ring substituents is 1. The number of nitrogens with zero attached hydrogens (tertiary/aromatic N) is 2. The van der Waals surface area contributed by atoms with E-state index in [1.54, 1.807) is 17.0 Å². The van der Waals surface area contributed by atoms with Gasteiger partial charge < -0.3 is 14.7 Å². The molecule has 2 amide bonds. The summed E-state index contributed by atoms with van der Waals surface area (Å²) in [5, 5.41) is 23.1. The molecule has 9 nitrogen and oxygen atoms in total. The molecule has 0 spiro atoms. The largest absolute Gasteiger partial charge is 0.444 e. The van der Waals surface area contributed by atoms with Crippen LogP contribution in [0.3, 0.4) is 0 Å². The lowest BCUT2D eigenvalue weighted by Gasteiger charge is -2.24. The minimum absolute atomic E-state index is 0.0503. The average Bonchev–Trinajstić information content (AvgIpc) is 3.23. The predicted octanol–water partition coefficient (Wildman–Crippen LogP) is 4.11. The maximum absolute atomic E-state index is 13.4. The van der Waals surface area contributed by atoms with E-state index in [1.807, 2.05) is 26.8 Å². The topological polar surface area (TPSA) is 122 Å². The maximum Gasteiger partial charge on any atom is 0.411 e. The molecule has 2 aromatic rings. The van der Waals surface area contributed by atoms with Crippen molar-refractivity contribution in [1.82, 2.24) is 4.90 Å². The van der Waals surface area contributed by atoms with Crippen molar-refractivity contribution in [3.8, 4) is 0 Å². The fourth-order valence-corrected chi connectivity index (χ4v) is 3.70. The summed E-state index contributed by atoms with van der Waals surface area (Å²) in [6.45, 7) is 5.86. The molecule has 1 saturated heterocycles. The van der Waals surface area contributed by atoms with Crippen LogP contribution in [-0.2, 0) is 11.3 Å². The number of aryl methyl sites for hydroxylation is 2. The van der Waals surface area contributed by atoms with Gasteiger partial charge in [-0.25, -0.2) is 4.79 Å². The summed E-state index contributed by atoms with van der Waals surface area (Å²) < 4.78 is 5.25. The predicted molar refractivity (Wildman–Crippen MR) is 123 cm³/mol. The smallest absolute Gasteiger partial charge is 0.411 e. The molecule has 0 unspecified atom stereocenters. The van der Waals surface area contributed by atoms with Crippen molar-refractivity contribution >= 4 is 23.4 Å². The summed E-state index contributed by atoms with van der Waals surface area (Å²) in [5.74, 6) is -0.278. The van der Waals surface area contributed by atoms with Gasteiger partial charge in [-0.3, -0.25) is 20.2 Å². The highest BCUT2D eigenvalue weighted by atomic mass is 16.6. The van der Waals surface area contributed by atoms with Crippen LogP contribution in [0, 0.1) is 24.0 Å². The minimum Gasteiger partial charge on any atom is -0.444 e. The lowest BCUT2D eigenvalue weighted by atomic mass is 10.0. The number of benzene rings is 2. The van der Waals surface area contributed by atoms with Crippen molar-refractivity contribution in [3.05, 3.63) is 80.4 Å². The molecule has 9 heteroatoms. The molecule has 2 aromatic carbocycles. The fraction of sp³-hybridized carbons (Fsp3) is 0.333. The number of allylic oxidation sites excluding steroid dienone is 1. The van der Waals surface area contributed by atoms with Crippen LogP contribution < -0.4 is 5.32 Å². The van der Waals surface area contributed by atoms with Gasteiger partial charge >= 0.3 is 6.09 Å². The number of likely N-dealkylation sites (tertiary alicyclic amines) is 1. The second-order valence-corrected chi connectivity index (χ2v) is 8.03. The summed E-state index contributed by atoms with van der Waals surface area (Å²) in [4.78, 5) is 37.7. The molecule has 1 aliphatic heterocycles. The molecule has 33 heavy (non-hydrogen) atoms. The third-order valence-electron chi connectivity index (χ3n) is 5.81. The number of carbonyl (C=O) groups is 2. The van der Waals surface area contributed by atoms with Crippen molar-refractivity contribution in [3.63, 3.8) is 0 Å². The first kappa shape index (κ1) is 23.9. The highest BCUT2D eigenvalue weighted by Crippen LogP contribution is 2.29. The van der Waals surface area contributed by atoms with Gasteiger partial charge in [0.25, 0.3) is 11.6 Å². The lowest BCUT2D eigenvalue weighted by Crippen LogP contribution is -2.38. The van der Waals surface area contributed by atoms with E-state index in [-0.39, 0.29) is 30.9 Å². The molecule has 174 valence electrons. The first-order valence-corrected chi connectivity index (χ1v) is 10.6. The molecule has 1 aliphatic rings. The zero-order valence-corrected chi connectivity index (χ0v) is 18.8. The van der Waals surface area contributed by atoms with Crippen molar-refractivity contribution in [1.29, 1.82) is 0 Å². The van der Waals surface area contributed by atoms with E-state index >= 15 is 0 Å². The van der Waals surface area contributed by atoms with Crippen LogP contribution in [0.1, 0.15) is 40.4 Å². The molecule has 0 aromatic heterocycles. The number of hydrogen-bond acceptors (Lipinski definition) is 6. The van der Waals surface area contributed by atoms with Gasteiger partial charge in [0.05, 0.1) is 28.8 Å². The van der Waals surface area contributed by atoms with Gasteiger partial charge in [0.2, 0.25) is 0 Å². The number of nitro groups is 1. The Morgan fingerprint density at radius 1 is 1.24 bits per heavy atom. The zero-order chi connectivity index (χ0) is 24.1. The van der Waals surface area contributed by atoms with E-state index in [9.17, 15) is 24.8 Å². The molecule has 2 N–H and O–H groups in total. The van der Waals surface area contributed by atoms with Crippen molar-refractivity contribution in [2.75, 3.05) is 18.5 Å². The van der Waals surface area contributed by atoms with Gasteiger partial charge in [0.1, 0.15) is 6.61 Å². The van der Waals surface area contributed by atoms with Crippen LogP contribution in [0.2, 0.25) is 0 Å². The van der Waals surface area contributed by atoms with Gasteiger partial charge in [-0.2, -0.15) is 0 Å². The number of anilines is 1. The molecule has 0 bridgehead atoms. The number of hydrogen-bond donors (Lipinski definition) is 2. The summed E-state index contributed by atoms with van der Waals surface area (Å²) in [6.07, 6.45) is 1.81. The van der Waals surface area contributed by atoms with Crippen LogP contribution in [-0.4, -0.2) is 46.1 Å². The molecular formula is C24H27N3O6. The van der Waals surface area contributed by atoms with Gasteiger partial charge in [0.15, 0.2) is 0 Å². The van der Waals surface area contributed by atoms with Crippen LogP contribution in [0.4, 0.5) is 16.2 Å². The second-order valence-electron chi connectivity index (χ2n) is 8.03. The van der Waals surface area contributed by atoms with Crippen LogP contribution >= 0.6 is 0 Å². The van der Waals surface area contributed by atoms with Crippen LogP contribution in [0.5, 0.6) is 0 Å². The Balaban J connectivity index is 1.76. The van der Waals surface area contributed by atoms with E-state index in [0.717, 1.165) is 16.7 Å². The number of aliphatic hydroxyl groups is 1. The Morgan fingerprint density at radius 2 is 1.91 bits per heavy atom. The molecule has 1 fully saturated rings. The third-order valence-corrected chi connectivity index (χ3v) is 5.81. The Morgan fingerprint density at radius 3 is 2.52 bits per heavy atom. The second kappa shape index (κ2) is 10.3. The molecule has 3 rings (SSSR count). The SMILES string of the molecule is C/C=C1\C[C@@H](CO)N(C(=O)c2cc(C)c(C)cc2NC(=O)OCc2ccc([N+](=O)[O-])cc2)C1. The number of amides is 2. The number of nitro benzene ring substituents is 1. The van der Waals surface area contributed by atoms with Crippen LogP contribution in [0.15, 0.2) is 48.0 Å². The van der Waals surface area contributed by atoms with Gasteiger partial charge in [0, 0.05) is 18.7 Å². The first-order chi connectivity index (χ1) is 15.7. The van der Waals surface area contributed by atoms with Crippen molar-refractivity contribution < 1.29 is 24.4 Å². The highest BCUT2D eigenvalue weighted by molar-refractivity contribution is 6.03. The van der Waals surface area contributed by atoms with Crippen molar-refractivity contribution in [2.45, 2.75) is 39.8 Å².